The van der Waals surface area contributed by atoms with Crippen LogP contribution in [0.25, 0.3) is 0 Å². The van der Waals surface area contributed by atoms with Crippen molar-refractivity contribution >= 4 is 17.8 Å². The Hall–Kier alpha value is -3.93. The van der Waals surface area contributed by atoms with Crippen molar-refractivity contribution in [3.8, 4) is 0 Å². The Morgan fingerprint density at radius 1 is 0.710 bits per heavy atom. The summed E-state index contributed by atoms with van der Waals surface area (Å²) in [4.78, 5) is 37.1. The number of nitrogens with one attached hydrogen (secondary N) is 1. The van der Waals surface area contributed by atoms with Gasteiger partial charge in [-0.1, -0.05) is 91.0 Å². The Morgan fingerprint density at radius 2 is 1.26 bits per heavy atom. The first-order valence-corrected chi connectivity index (χ1v) is 9.88. The van der Waals surface area contributed by atoms with Gasteiger partial charge in [0.05, 0.1) is 0 Å². The number of hydrogen-bond donors (Lipinski definition) is 1. The van der Waals surface area contributed by atoms with Crippen LogP contribution in [-0.4, -0.2) is 30.5 Å². The van der Waals surface area contributed by atoms with Crippen molar-refractivity contribution in [1.29, 1.82) is 0 Å². The molecular weight excluding hydrogens is 394 g/mol. The molecule has 0 saturated carbocycles. The highest BCUT2D eigenvalue weighted by Gasteiger charge is 2.24. The van der Waals surface area contributed by atoms with E-state index in [1.54, 1.807) is 30.3 Å². The lowest BCUT2D eigenvalue weighted by Gasteiger charge is -2.17. The molecule has 0 unspecified atom stereocenters. The highest BCUT2D eigenvalue weighted by molar-refractivity contribution is 5.98. The molecule has 0 bridgehead atoms. The number of carbonyl (C=O) groups is 3. The zero-order chi connectivity index (χ0) is 21.9. The van der Waals surface area contributed by atoms with Crippen molar-refractivity contribution in [2.24, 2.45) is 0 Å². The number of ketones is 1. The number of hydrogen-bond acceptors (Lipinski definition) is 5. The van der Waals surface area contributed by atoms with Gasteiger partial charge in [0.15, 0.2) is 12.4 Å². The monoisotopic (exact) mass is 417 g/mol. The van der Waals surface area contributed by atoms with E-state index < -0.39 is 24.7 Å². The molecule has 0 radical (unpaired) electrons. The Kier molecular flexibility index (Phi) is 7.94. The van der Waals surface area contributed by atoms with E-state index in [1.165, 1.54) is 0 Å². The second-order valence-corrected chi connectivity index (χ2v) is 6.85. The number of ether oxygens (including phenoxy) is 2. The summed E-state index contributed by atoms with van der Waals surface area (Å²) in [7, 11) is 0. The summed E-state index contributed by atoms with van der Waals surface area (Å²) < 4.78 is 10.4. The molecule has 6 nitrogen and oxygen atoms in total. The largest absolute Gasteiger partial charge is 0.456 e. The molecule has 0 aliphatic carbocycles. The molecule has 0 saturated heterocycles. The van der Waals surface area contributed by atoms with Crippen LogP contribution in [0.2, 0.25) is 0 Å². The van der Waals surface area contributed by atoms with Crippen LogP contribution in [0, 0.1) is 0 Å². The average Bonchev–Trinajstić information content (AvgIpc) is 2.82. The second kappa shape index (κ2) is 11.3. The maximum absolute atomic E-state index is 12.6. The third-order valence-corrected chi connectivity index (χ3v) is 4.51. The molecule has 0 spiro atoms. The fourth-order valence-corrected chi connectivity index (χ4v) is 2.89. The molecule has 6 heteroatoms. The minimum absolute atomic E-state index is 0.0757. The predicted octanol–water partition coefficient (Wildman–Crippen LogP) is 3.95. The summed E-state index contributed by atoms with van der Waals surface area (Å²) in [6, 6.07) is 26.0. The van der Waals surface area contributed by atoms with Crippen LogP contribution >= 0.6 is 0 Å². The van der Waals surface area contributed by atoms with Gasteiger partial charge in [-0.25, -0.2) is 9.59 Å². The molecule has 0 aromatic heterocycles. The number of benzene rings is 3. The van der Waals surface area contributed by atoms with E-state index in [1.807, 2.05) is 60.7 Å². The van der Waals surface area contributed by atoms with E-state index in [2.05, 4.69) is 5.32 Å². The van der Waals surface area contributed by atoms with E-state index in [-0.39, 0.29) is 18.8 Å². The Balaban J connectivity index is 1.60. The van der Waals surface area contributed by atoms with E-state index in [0.29, 0.717) is 5.56 Å². The van der Waals surface area contributed by atoms with Gasteiger partial charge >= 0.3 is 12.1 Å². The van der Waals surface area contributed by atoms with Crippen LogP contribution in [0.1, 0.15) is 21.5 Å². The van der Waals surface area contributed by atoms with Crippen molar-refractivity contribution in [2.45, 2.75) is 19.1 Å². The molecule has 1 N–H and O–H groups in total. The van der Waals surface area contributed by atoms with Crippen LogP contribution < -0.4 is 5.32 Å². The quantitative estimate of drug-likeness (QED) is 0.421. The molecular formula is C25H23NO5. The van der Waals surface area contributed by atoms with E-state index >= 15 is 0 Å². The third-order valence-electron chi connectivity index (χ3n) is 4.51. The topological polar surface area (TPSA) is 81.7 Å². The summed E-state index contributed by atoms with van der Waals surface area (Å²) in [5, 5.41) is 2.55. The fraction of sp³-hybridized carbons (Fsp3) is 0.160. The van der Waals surface area contributed by atoms with Crippen molar-refractivity contribution in [3.63, 3.8) is 0 Å². The molecule has 0 aliphatic heterocycles. The molecule has 0 aliphatic rings. The van der Waals surface area contributed by atoms with E-state index in [9.17, 15) is 14.4 Å². The molecule has 31 heavy (non-hydrogen) atoms. The van der Waals surface area contributed by atoms with Gasteiger partial charge < -0.3 is 14.8 Å². The maximum Gasteiger partial charge on any atom is 0.408 e. The Morgan fingerprint density at radius 3 is 1.87 bits per heavy atom. The summed E-state index contributed by atoms with van der Waals surface area (Å²) in [6.07, 6.45) is -0.532. The molecule has 158 valence electrons. The Bertz CT molecular complexity index is 990. The van der Waals surface area contributed by atoms with Crippen molar-refractivity contribution in [2.75, 3.05) is 6.61 Å². The number of carbonyl (C=O) groups excluding carboxylic acids is 3. The molecule has 3 rings (SSSR count). The van der Waals surface area contributed by atoms with Crippen molar-refractivity contribution in [3.05, 3.63) is 108 Å². The lowest BCUT2D eigenvalue weighted by atomic mass is 10.1. The Labute approximate surface area is 180 Å². The van der Waals surface area contributed by atoms with Crippen molar-refractivity contribution < 1.29 is 23.9 Å². The summed E-state index contributed by atoms with van der Waals surface area (Å²) in [6.45, 7) is -0.332. The first-order chi connectivity index (χ1) is 15.1. The van der Waals surface area contributed by atoms with Crippen LogP contribution in [0.5, 0.6) is 0 Å². The molecule has 0 fully saturated rings. The van der Waals surface area contributed by atoms with Gasteiger partial charge in [0, 0.05) is 12.0 Å². The summed E-state index contributed by atoms with van der Waals surface area (Å²) in [5.41, 5.74) is 2.11. The lowest BCUT2D eigenvalue weighted by molar-refractivity contribution is -0.144. The lowest BCUT2D eigenvalue weighted by Crippen LogP contribution is -2.44. The highest BCUT2D eigenvalue weighted by Crippen LogP contribution is 2.07. The summed E-state index contributed by atoms with van der Waals surface area (Å²) >= 11 is 0. The second-order valence-electron chi connectivity index (χ2n) is 6.85. The van der Waals surface area contributed by atoms with Gasteiger partial charge in [-0.3, -0.25) is 4.79 Å². The molecule has 1 amide bonds. The van der Waals surface area contributed by atoms with Gasteiger partial charge in [-0.2, -0.15) is 0 Å². The molecule has 3 aromatic carbocycles. The zero-order valence-corrected chi connectivity index (χ0v) is 16.9. The third kappa shape index (κ3) is 7.12. The molecule has 0 heterocycles. The van der Waals surface area contributed by atoms with Gasteiger partial charge in [-0.05, 0) is 11.1 Å². The number of alkyl carbamates (subject to hydrolysis) is 1. The van der Waals surface area contributed by atoms with E-state index in [0.717, 1.165) is 11.1 Å². The minimum atomic E-state index is -0.991. The maximum atomic E-state index is 12.6. The van der Waals surface area contributed by atoms with Gasteiger partial charge in [-0.15, -0.1) is 0 Å². The normalized spacial score (nSPS) is 11.2. The van der Waals surface area contributed by atoms with Crippen LogP contribution in [0.15, 0.2) is 91.0 Å². The first kappa shape index (κ1) is 21.8. The van der Waals surface area contributed by atoms with Gasteiger partial charge in [0.2, 0.25) is 0 Å². The number of rotatable bonds is 9. The molecule has 1 atom stereocenters. The zero-order valence-electron chi connectivity index (χ0n) is 16.9. The predicted molar refractivity (Wildman–Crippen MR) is 115 cm³/mol. The van der Waals surface area contributed by atoms with Gasteiger partial charge in [0.1, 0.15) is 12.6 Å². The van der Waals surface area contributed by atoms with Crippen LogP contribution in [-0.2, 0) is 27.3 Å². The number of Topliss-reactive ketones (excluding diaryl/α,β-unsaturated/α-hetero) is 1. The van der Waals surface area contributed by atoms with Crippen LogP contribution in [0.4, 0.5) is 4.79 Å². The standard InChI is InChI=1S/C25H23NO5/c27-23(21-14-8-3-9-15-21)18-30-24(28)22(16-19-10-4-1-5-11-19)26-25(29)31-17-20-12-6-2-7-13-20/h1-15,22H,16-18H2,(H,26,29)/t22-/m0/s1. The van der Waals surface area contributed by atoms with E-state index in [4.69, 9.17) is 9.47 Å². The summed E-state index contributed by atoms with van der Waals surface area (Å²) in [5.74, 6) is -1.02. The fourth-order valence-electron chi connectivity index (χ4n) is 2.89. The number of esters is 1. The number of amides is 1. The van der Waals surface area contributed by atoms with Crippen molar-refractivity contribution in [1.82, 2.24) is 5.32 Å². The molecule has 3 aromatic rings. The van der Waals surface area contributed by atoms with Gasteiger partial charge in [0.25, 0.3) is 0 Å². The smallest absolute Gasteiger partial charge is 0.408 e. The minimum Gasteiger partial charge on any atom is -0.456 e. The van der Waals surface area contributed by atoms with Crippen LogP contribution in [0.3, 0.4) is 0 Å². The highest BCUT2D eigenvalue weighted by atomic mass is 16.6. The average molecular weight is 417 g/mol. The first-order valence-electron chi connectivity index (χ1n) is 9.88. The SMILES string of the molecule is O=C(N[C@@H](Cc1ccccc1)C(=O)OCC(=O)c1ccccc1)OCc1ccccc1.